The minimum absolute atomic E-state index is 0.200. The lowest BCUT2D eigenvalue weighted by molar-refractivity contribution is -0.139. The minimum atomic E-state index is -0.760. The van der Waals surface area contributed by atoms with Crippen molar-refractivity contribution < 1.29 is 14.3 Å². The normalized spacial score (nSPS) is 15.0. The van der Waals surface area contributed by atoms with Gasteiger partial charge in [-0.1, -0.05) is 64.9 Å². The summed E-state index contributed by atoms with van der Waals surface area (Å²) < 4.78 is 15.3. The molecule has 3 aromatic carbocycles. The van der Waals surface area contributed by atoms with E-state index in [9.17, 15) is 9.59 Å². The molecule has 4 aromatic rings. The summed E-state index contributed by atoms with van der Waals surface area (Å²) in [6.45, 7) is 4.07. The number of fused-ring (bicyclic) bond motifs is 1. The van der Waals surface area contributed by atoms with Gasteiger partial charge in [-0.3, -0.25) is 9.36 Å². The Kier molecular flexibility index (Phi) is 9.59. The van der Waals surface area contributed by atoms with Crippen LogP contribution in [0.2, 0.25) is 10.0 Å². The third-order valence-corrected chi connectivity index (χ3v) is 9.47. The molecule has 6 nitrogen and oxygen atoms in total. The number of halogens is 4. The van der Waals surface area contributed by atoms with Gasteiger partial charge in [0.15, 0.2) is 4.80 Å². The van der Waals surface area contributed by atoms with Crippen LogP contribution in [0.1, 0.15) is 36.6 Å². The molecular formula is C30H22Cl2I2N2O4S. The average Bonchev–Trinajstić information content (AvgIpc) is 3.22. The number of carbonyl (C=O) groups excluding carboxylic acids is 1. The number of hydrogen-bond acceptors (Lipinski definition) is 6. The molecule has 0 amide bonds. The smallest absolute Gasteiger partial charge is 0.338 e. The molecule has 0 saturated carbocycles. The summed E-state index contributed by atoms with van der Waals surface area (Å²) >= 11 is 18.4. The number of allylic oxidation sites excluding steroid dienone is 1. The summed E-state index contributed by atoms with van der Waals surface area (Å²) in [5.41, 5.74) is 2.97. The summed E-state index contributed by atoms with van der Waals surface area (Å²) in [5, 5.41) is 1.11. The van der Waals surface area contributed by atoms with Crippen molar-refractivity contribution in [3.63, 3.8) is 0 Å². The molecule has 1 aliphatic rings. The summed E-state index contributed by atoms with van der Waals surface area (Å²) in [7, 11) is 0. The van der Waals surface area contributed by atoms with E-state index >= 15 is 0 Å². The van der Waals surface area contributed by atoms with E-state index in [-0.39, 0.29) is 12.2 Å². The molecule has 0 bridgehead atoms. The molecule has 0 fully saturated rings. The van der Waals surface area contributed by atoms with Crippen LogP contribution in [0.25, 0.3) is 6.08 Å². The molecule has 0 spiro atoms. The summed E-state index contributed by atoms with van der Waals surface area (Å²) in [4.78, 5) is 32.1. The van der Waals surface area contributed by atoms with Crippen molar-refractivity contribution in [1.82, 2.24) is 4.57 Å². The van der Waals surface area contributed by atoms with Crippen LogP contribution in [0.5, 0.6) is 5.75 Å². The van der Waals surface area contributed by atoms with Crippen LogP contribution in [0.4, 0.5) is 0 Å². The topological polar surface area (TPSA) is 69.9 Å². The van der Waals surface area contributed by atoms with Gasteiger partial charge in [-0.25, -0.2) is 9.79 Å². The van der Waals surface area contributed by atoms with Gasteiger partial charge in [0.1, 0.15) is 18.4 Å². The van der Waals surface area contributed by atoms with Crippen LogP contribution < -0.4 is 19.6 Å². The summed E-state index contributed by atoms with van der Waals surface area (Å²) in [6, 6.07) is 17.9. The number of carbonyl (C=O) groups is 1. The van der Waals surface area contributed by atoms with Crippen LogP contribution in [0.15, 0.2) is 81.7 Å². The molecule has 0 saturated heterocycles. The molecule has 5 rings (SSSR count). The van der Waals surface area contributed by atoms with Gasteiger partial charge in [-0.15, -0.1) is 0 Å². The first-order valence-corrected chi connectivity index (χ1v) is 16.2. The monoisotopic (exact) mass is 830 g/mol. The van der Waals surface area contributed by atoms with E-state index in [4.69, 9.17) is 32.7 Å². The zero-order chi connectivity index (χ0) is 29.3. The highest BCUT2D eigenvalue weighted by Gasteiger charge is 2.34. The van der Waals surface area contributed by atoms with Crippen molar-refractivity contribution in [2.45, 2.75) is 26.5 Å². The second-order valence-corrected chi connectivity index (χ2v) is 13.2. The molecule has 0 N–H and O–H groups in total. The zero-order valence-corrected chi connectivity index (χ0v) is 28.4. The van der Waals surface area contributed by atoms with Gasteiger partial charge in [-0.2, -0.15) is 0 Å². The standard InChI is InChI=1S/C30H22Cl2I2N2O4S/c1-3-39-29(38)25-16(2)35-30-36(26(25)20-9-4-5-10-21(20)32)28(37)24(41-30)14-18-12-22(33)27(23(34)13-18)40-15-17-7-6-8-19(31)11-17/h4-14,26H,3,15H2,1-2H3/b24-14-/t26-/m1/s1. The minimum Gasteiger partial charge on any atom is -0.487 e. The van der Waals surface area contributed by atoms with Gasteiger partial charge in [0.2, 0.25) is 0 Å². The number of benzene rings is 3. The maximum absolute atomic E-state index is 13.9. The van der Waals surface area contributed by atoms with E-state index in [1.54, 1.807) is 19.9 Å². The molecule has 0 radical (unpaired) electrons. The van der Waals surface area contributed by atoms with E-state index < -0.39 is 12.0 Å². The number of thiazole rings is 1. The first kappa shape index (κ1) is 30.3. The Morgan fingerprint density at radius 3 is 2.51 bits per heavy atom. The van der Waals surface area contributed by atoms with Crippen molar-refractivity contribution in [1.29, 1.82) is 0 Å². The molecule has 0 unspecified atom stereocenters. The molecule has 2 heterocycles. The lowest BCUT2D eigenvalue weighted by Gasteiger charge is -2.25. The van der Waals surface area contributed by atoms with E-state index in [1.807, 2.05) is 60.7 Å². The predicted octanol–water partition coefficient (Wildman–Crippen LogP) is 6.89. The SMILES string of the molecule is CCOC(=O)C1=C(C)N=c2s/c(=C\c3cc(I)c(OCc4cccc(Cl)c4)c(I)c3)c(=O)n2[C@@H]1c1ccccc1Cl. The lowest BCUT2D eigenvalue weighted by Crippen LogP contribution is -2.40. The van der Waals surface area contributed by atoms with Crippen molar-refractivity contribution in [3.8, 4) is 5.75 Å². The number of hydrogen-bond donors (Lipinski definition) is 0. The zero-order valence-electron chi connectivity index (χ0n) is 21.8. The van der Waals surface area contributed by atoms with Crippen LogP contribution in [-0.4, -0.2) is 17.1 Å². The molecule has 210 valence electrons. The number of nitrogens with zero attached hydrogens (tertiary/aromatic N) is 2. The lowest BCUT2D eigenvalue weighted by atomic mass is 9.96. The van der Waals surface area contributed by atoms with Gasteiger partial charge in [0, 0.05) is 10.0 Å². The highest BCUT2D eigenvalue weighted by molar-refractivity contribution is 14.1. The van der Waals surface area contributed by atoms with Crippen molar-refractivity contribution >= 4 is 91.8 Å². The molecule has 1 aromatic heterocycles. The Hall–Kier alpha value is -2.19. The third-order valence-electron chi connectivity index (χ3n) is 6.31. The Morgan fingerprint density at radius 1 is 1.10 bits per heavy atom. The molecule has 1 aliphatic heterocycles. The summed E-state index contributed by atoms with van der Waals surface area (Å²) in [5.74, 6) is 0.239. The number of ether oxygens (including phenoxy) is 2. The maximum atomic E-state index is 13.9. The van der Waals surface area contributed by atoms with Gasteiger partial charge >= 0.3 is 5.97 Å². The fourth-order valence-corrected chi connectivity index (χ4v) is 8.14. The van der Waals surface area contributed by atoms with Gasteiger partial charge in [0.25, 0.3) is 5.56 Å². The quantitative estimate of drug-likeness (QED) is 0.150. The van der Waals surface area contributed by atoms with E-state index in [2.05, 4.69) is 50.2 Å². The second kappa shape index (κ2) is 13.0. The van der Waals surface area contributed by atoms with Gasteiger partial charge < -0.3 is 9.47 Å². The number of rotatable bonds is 7. The van der Waals surface area contributed by atoms with E-state index in [1.165, 1.54) is 15.9 Å². The number of esters is 1. The van der Waals surface area contributed by atoms with Crippen molar-refractivity contribution in [2.24, 2.45) is 4.99 Å². The van der Waals surface area contributed by atoms with Crippen molar-refractivity contribution in [3.05, 3.63) is 125 Å². The highest BCUT2D eigenvalue weighted by atomic mass is 127. The third kappa shape index (κ3) is 6.43. The molecule has 11 heteroatoms. The molecule has 41 heavy (non-hydrogen) atoms. The van der Waals surface area contributed by atoms with Gasteiger partial charge in [-0.05, 0) is 112 Å². The van der Waals surface area contributed by atoms with Crippen molar-refractivity contribution in [2.75, 3.05) is 6.61 Å². The van der Waals surface area contributed by atoms with Crippen LogP contribution in [0.3, 0.4) is 0 Å². The van der Waals surface area contributed by atoms with Crippen LogP contribution >= 0.6 is 79.7 Å². The fraction of sp³-hybridized carbons (Fsp3) is 0.167. The molecule has 0 aliphatic carbocycles. The summed E-state index contributed by atoms with van der Waals surface area (Å²) in [6.07, 6.45) is 1.84. The second-order valence-electron chi connectivity index (χ2n) is 9.06. The molecule has 1 atom stereocenters. The van der Waals surface area contributed by atoms with Crippen LogP contribution in [0, 0.1) is 7.14 Å². The molecular weight excluding hydrogens is 809 g/mol. The first-order valence-electron chi connectivity index (χ1n) is 12.5. The predicted molar refractivity (Wildman–Crippen MR) is 180 cm³/mol. The van der Waals surface area contributed by atoms with E-state index in [0.717, 1.165) is 24.0 Å². The Morgan fingerprint density at radius 2 is 1.83 bits per heavy atom. The van der Waals surface area contributed by atoms with Crippen LogP contribution in [-0.2, 0) is 16.1 Å². The number of aromatic nitrogens is 1. The highest BCUT2D eigenvalue weighted by Crippen LogP contribution is 2.34. The van der Waals surface area contributed by atoms with Gasteiger partial charge in [0.05, 0.1) is 29.5 Å². The Labute approximate surface area is 277 Å². The Balaban J connectivity index is 1.56. The Bertz CT molecular complexity index is 1860. The van der Waals surface area contributed by atoms with E-state index in [0.29, 0.717) is 42.8 Å². The fourth-order valence-electron chi connectivity index (χ4n) is 4.52. The largest absolute Gasteiger partial charge is 0.487 e. The maximum Gasteiger partial charge on any atom is 0.338 e. The average molecular weight is 831 g/mol. The first-order chi connectivity index (χ1) is 19.7.